The van der Waals surface area contributed by atoms with Crippen molar-refractivity contribution in [3.8, 4) is 5.75 Å². The summed E-state index contributed by atoms with van der Waals surface area (Å²) < 4.78 is 5.87. The number of amides is 1. The maximum atomic E-state index is 12.4. The number of hydrogen-bond donors (Lipinski definition) is 2. The van der Waals surface area contributed by atoms with E-state index in [4.69, 9.17) is 10.5 Å². The number of benzene rings is 2. The van der Waals surface area contributed by atoms with Crippen molar-refractivity contribution in [1.82, 2.24) is 0 Å². The van der Waals surface area contributed by atoms with Crippen LogP contribution in [-0.4, -0.2) is 11.9 Å². The Kier molecular flexibility index (Phi) is 4.93. The molecule has 120 valence electrons. The minimum atomic E-state index is 0.00665. The summed E-state index contributed by atoms with van der Waals surface area (Å²) in [6.45, 7) is 0.474. The second-order valence-electron chi connectivity index (χ2n) is 6.03. The third-order valence-electron chi connectivity index (χ3n) is 4.23. The van der Waals surface area contributed by atoms with E-state index < -0.39 is 0 Å². The van der Waals surface area contributed by atoms with Gasteiger partial charge < -0.3 is 15.8 Å². The van der Waals surface area contributed by atoms with Crippen molar-refractivity contribution in [2.75, 3.05) is 5.32 Å². The first-order chi connectivity index (χ1) is 11.2. The molecule has 4 nitrogen and oxygen atoms in total. The van der Waals surface area contributed by atoms with Gasteiger partial charge in [0.2, 0.25) is 5.91 Å². The molecule has 1 amide bonds. The van der Waals surface area contributed by atoms with E-state index in [0.717, 1.165) is 24.8 Å². The molecule has 1 fully saturated rings. The molecule has 2 unspecified atom stereocenters. The van der Waals surface area contributed by atoms with Gasteiger partial charge in [0, 0.05) is 12.0 Å². The first-order valence-corrected chi connectivity index (χ1v) is 8.04. The van der Waals surface area contributed by atoms with E-state index in [1.807, 2.05) is 54.6 Å². The number of carbonyl (C=O) groups excluding carboxylic acids is 1. The molecule has 0 radical (unpaired) electrons. The van der Waals surface area contributed by atoms with E-state index in [1.165, 1.54) is 0 Å². The molecule has 1 aliphatic rings. The van der Waals surface area contributed by atoms with Crippen LogP contribution in [0.4, 0.5) is 5.69 Å². The lowest BCUT2D eigenvalue weighted by molar-refractivity contribution is -0.119. The van der Waals surface area contributed by atoms with Gasteiger partial charge in [-0.25, -0.2) is 0 Å². The van der Waals surface area contributed by atoms with Crippen molar-refractivity contribution in [2.24, 2.45) is 11.7 Å². The first kappa shape index (κ1) is 15.6. The molecule has 2 aromatic rings. The number of carbonyl (C=O) groups is 1. The molecule has 23 heavy (non-hydrogen) atoms. The Labute approximate surface area is 136 Å². The Morgan fingerprint density at radius 3 is 2.57 bits per heavy atom. The largest absolute Gasteiger partial charge is 0.487 e. The van der Waals surface area contributed by atoms with Gasteiger partial charge in [0.05, 0.1) is 5.69 Å². The van der Waals surface area contributed by atoms with E-state index in [2.05, 4.69) is 5.32 Å². The van der Waals surface area contributed by atoms with Crippen molar-refractivity contribution in [3.05, 3.63) is 60.2 Å². The Morgan fingerprint density at radius 2 is 1.83 bits per heavy atom. The third-order valence-corrected chi connectivity index (χ3v) is 4.23. The summed E-state index contributed by atoms with van der Waals surface area (Å²) in [6.07, 6.45) is 2.54. The monoisotopic (exact) mass is 310 g/mol. The fraction of sp³-hybridized carbons (Fsp3) is 0.316. The smallest absolute Gasteiger partial charge is 0.227 e. The molecule has 3 N–H and O–H groups in total. The van der Waals surface area contributed by atoms with Crippen LogP contribution in [0.2, 0.25) is 0 Å². The van der Waals surface area contributed by atoms with Gasteiger partial charge in [-0.2, -0.15) is 0 Å². The van der Waals surface area contributed by atoms with E-state index >= 15 is 0 Å². The topological polar surface area (TPSA) is 64.4 Å². The van der Waals surface area contributed by atoms with Crippen LogP contribution in [-0.2, 0) is 11.4 Å². The Morgan fingerprint density at radius 1 is 1.09 bits per heavy atom. The zero-order valence-electron chi connectivity index (χ0n) is 13.1. The van der Waals surface area contributed by atoms with Crippen LogP contribution in [0.3, 0.4) is 0 Å². The molecule has 0 heterocycles. The SMILES string of the molecule is NC1CCC(C(=O)Nc2ccccc2OCc2ccccc2)C1. The standard InChI is InChI=1S/C19H22N2O2/c20-16-11-10-15(12-16)19(22)21-17-8-4-5-9-18(17)23-13-14-6-2-1-3-7-14/h1-9,15-16H,10-13,20H2,(H,21,22). The third kappa shape index (κ3) is 4.11. The van der Waals surface area contributed by atoms with Crippen LogP contribution in [0.1, 0.15) is 24.8 Å². The predicted molar refractivity (Wildman–Crippen MR) is 91.2 cm³/mol. The summed E-state index contributed by atoms with van der Waals surface area (Å²) in [5.41, 5.74) is 7.70. The van der Waals surface area contributed by atoms with Crippen LogP contribution in [0.5, 0.6) is 5.75 Å². The van der Waals surface area contributed by atoms with Crippen molar-refractivity contribution < 1.29 is 9.53 Å². The fourth-order valence-corrected chi connectivity index (χ4v) is 2.92. The van der Waals surface area contributed by atoms with Crippen molar-refractivity contribution in [3.63, 3.8) is 0 Å². The Balaban J connectivity index is 1.64. The highest BCUT2D eigenvalue weighted by Crippen LogP contribution is 2.29. The summed E-state index contributed by atoms with van der Waals surface area (Å²) in [6, 6.07) is 17.7. The number of nitrogens with one attached hydrogen (secondary N) is 1. The Hall–Kier alpha value is -2.33. The molecule has 0 spiro atoms. The lowest BCUT2D eigenvalue weighted by Gasteiger charge is -2.15. The fourth-order valence-electron chi connectivity index (χ4n) is 2.92. The van der Waals surface area contributed by atoms with Gasteiger partial charge >= 0.3 is 0 Å². The van der Waals surface area contributed by atoms with Crippen molar-refractivity contribution >= 4 is 11.6 Å². The molecule has 1 aliphatic carbocycles. The molecular weight excluding hydrogens is 288 g/mol. The minimum Gasteiger partial charge on any atom is -0.487 e. The number of para-hydroxylation sites is 2. The molecule has 1 saturated carbocycles. The molecule has 0 bridgehead atoms. The second kappa shape index (κ2) is 7.29. The highest BCUT2D eigenvalue weighted by molar-refractivity contribution is 5.94. The quantitative estimate of drug-likeness (QED) is 0.890. The van der Waals surface area contributed by atoms with Crippen LogP contribution in [0, 0.1) is 5.92 Å². The lowest BCUT2D eigenvalue weighted by Crippen LogP contribution is -2.23. The number of nitrogens with two attached hydrogens (primary N) is 1. The molecular formula is C19H22N2O2. The molecule has 4 heteroatoms. The minimum absolute atomic E-state index is 0.00665. The zero-order chi connectivity index (χ0) is 16.1. The maximum Gasteiger partial charge on any atom is 0.227 e. The number of rotatable bonds is 5. The molecule has 0 aromatic heterocycles. The molecule has 0 saturated heterocycles. The first-order valence-electron chi connectivity index (χ1n) is 8.04. The summed E-state index contributed by atoms with van der Waals surface area (Å²) in [4.78, 5) is 12.4. The van der Waals surface area contributed by atoms with Crippen molar-refractivity contribution in [1.29, 1.82) is 0 Å². The predicted octanol–water partition coefficient (Wildman–Crippen LogP) is 3.33. The normalized spacial score (nSPS) is 20.2. The molecule has 3 rings (SSSR count). The van der Waals surface area contributed by atoms with Crippen LogP contribution < -0.4 is 15.8 Å². The highest BCUT2D eigenvalue weighted by atomic mass is 16.5. The highest BCUT2D eigenvalue weighted by Gasteiger charge is 2.28. The maximum absolute atomic E-state index is 12.4. The average molecular weight is 310 g/mol. The van der Waals surface area contributed by atoms with Crippen LogP contribution in [0.25, 0.3) is 0 Å². The van der Waals surface area contributed by atoms with E-state index in [0.29, 0.717) is 18.0 Å². The lowest BCUT2D eigenvalue weighted by atomic mass is 10.1. The van der Waals surface area contributed by atoms with Crippen LogP contribution >= 0.6 is 0 Å². The zero-order valence-corrected chi connectivity index (χ0v) is 13.1. The summed E-state index contributed by atoms with van der Waals surface area (Å²) in [5, 5.41) is 2.99. The van der Waals surface area contributed by atoms with E-state index in [9.17, 15) is 4.79 Å². The summed E-state index contributed by atoms with van der Waals surface area (Å²) in [7, 11) is 0. The van der Waals surface area contributed by atoms with Gasteiger partial charge in [0.25, 0.3) is 0 Å². The second-order valence-corrected chi connectivity index (χ2v) is 6.03. The number of anilines is 1. The summed E-state index contributed by atoms with van der Waals surface area (Å²) >= 11 is 0. The van der Waals surface area contributed by atoms with Gasteiger partial charge in [-0.3, -0.25) is 4.79 Å². The number of hydrogen-bond acceptors (Lipinski definition) is 3. The Bertz CT molecular complexity index is 657. The molecule has 0 aliphatic heterocycles. The van der Waals surface area contributed by atoms with Gasteiger partial charge in [0.1, 0.15) is 12.4 Å². The van der Waals surface area contributed by atoms with Crippen LogP contribution in [0.15, 0.2) is 54.6 Å². The van der Waals surface area contributed by atoms with E-state index in [1.54, 1.807) is 0 Å². The average Bonchev–Trinajstić information content (AvgIpc) is 3.02. The van der Waals surface area contributed by atoms with Crippen molar-refractivity contribution in [2.45, 2.75) is 31.9 Å². The van der Waals surface area contributed by atoms with E-state index in [-0.39, 0.29) is 17.9 Å². The van der Waals surface area contributed by atoms with Gasteiger partial charge in [-0.05, 0) is 37.0 Å². The van der Waals surface area contributed by atoms with Gasteiger partial charge in [0.15, 0.2) is 0 Å². The molecule has 2 atom stereocenters. The van der Waals surface area contributed by atoms with Gasteiger partial charge in [-0.1, -0.05) is 42.5 Å². The van der Waals surface area contributed by atoms with Gasteiger partial charge in [-0.15, -0.1) is 0 Å². The number of ether oxygens (including phenoxy) is 1. The summed E-state index contributed by atoms with van der Waals surface area (Å²) in [5.74, 6) is 0.730. The molecule has 2 aromatic carbocycles.